The Balaban J connectivity index is 2.68. The van der Waals surface area contributed by atoms with Crippen molar-refractivity contribution in [1.29, 1.82) is 0 Å². The highest BCUT2D eigenvalue weighted by Gasteiger charge is 2.07. The van der Waals surface area contributed by atoms with Crippen LogP contribution in [0.25, 0.3) is 0 Å². The van der Waals surface area contributed by atoms with E-state index < -0.39 is 0 Å². The maximum atomic E-state index is 2.32. The van der Waals surface area contributed by atoms with Gasteiger partial charge in [-0.3, -0.25) is 0 Å². The molecule has 1 nitrogen and oxygen atoms in total. The standard InChI is InChI=1S/C8H14N/c1-3-8-6-4-5-7-9(8)2/h6-7H,3-5H2,1-2H3/q+1. The third kappa shape index (κ3) is 1.41. The molecular weight excluding hydrogens is 110 g/mol. The molecule has 0 aliphatic carbocycles. The lowest BCUT2D eigenvalue weighted by Gasteiger charge is -2.02. The Labute approximate surface area is 56.7 Å². The maximum absolute atomic E-state index is 2.32. The van der Waals surface area contributed by atoms with Crippen molar-refractivity contribution < 1.29 is 4.58 Å². The van der Waals surface area contributed by atoms with Gasteiger partial charge in [-0.2, -0.15) is 0 Å². The molecule has 1 aliphatic heterocycles. The van der Waals surface area contributed by atoms with Crippen LogP contribution in [0.5, 0.6) is 0 Å². The van der Waals surface area contributed by atoms with Gasteiger partial charge in [0.15, 0.2) is 5.70 Å². The zero-order chi connectivity index (χ0) is 6.69. The third-order valence-electron chi connectivity index (χ3n) is 1.76. The number of hydrogen-bond acceptors (Lipinski definition) is 0. The Kier molecular flexibility index (Phi) is 2.04. The Hall–Kier alpha value is -0.590. The van der Waals surface area contributed by atoms with Gasteiger partial charge in [-0.1, -0.05) is 6.92 Å². The Bertz CT molecular complexity index is 154. The van der Waals surface area contributed by atoms with Crippen LogP contribution in [-0.4, -0.2) is 17.8 Å². The summed E-state index contributed by atoms with van der Waals surface area (Å²) in [5.41, 5.74) is 1.46. The second-order valence-electron chi connectivity index (χ2n) is 2.42. The molecule has 0 bridgehead atoms. The van der Waals surface area contributed by atoms with Gasteiger partial charge in [0.2, 0.25) is 0 Å². The van der Waals surface area contributed by atoms with Crippen LogP contribution < -0.4 is 0 Å². The van der Waals surface area contributed by atoms with E-state index in [0.29, 0.717) is 0 Å². The van der Waals surface area contributed by atoms with E-state index in [-0.39, 0.29) is 0 Å². The number of allylic oxidation sites excluding steroid dienone is 2. The van der Waals surface area contributed by atoms with Gasteiger partial charge in [0.25, 0.3) is 0 Å². The average Bonchev–Trinajstić information content (AvgIpc) is 1.89. The summed E-state index contributed by atoms with van der Waals surface area (Å²) >= 11 is 0. The van der Waals surface area contributed by atoms with Crippen LogP contribution in [0.2, 0.25) is 0 Å². The molecule has 0 unspecified atom stereocenters. The first-order valence-electron chi connectivity index (χ1n) is 3.59. The van der Waals surface area contributed by atoms with E-state index in [2.05, 4.69) is 30.8 Å². The SMILES string of the molecule is CCC1=CCCC=[N+]1C. The molecule has 0 N–H and O–H groups in total. The molecular formula is C8H14N+. The summed E-state index contributed by atoms with van der Waals surface area (Å²) in [5.74, 6) is 0. The zero-order valence-corrected chi connectivity index (χ0v) is 6.22. The van der Waals surface area contributed by atoms with Gasteiger partial charge in [0, 0.05) is 12.8 Å². The number of hydrogen-bond donors (Lipinski definition) is 0. The Morgan fingerprint density at radius 3 is 2.78 bits per heavy atom. The van der Waals surface area contributed by atoms with Crippen molar-refractivity contribution in [2.45, 2.75) is 26.2 Å². The van der Waals surface area contributed by atoms with Gasteiger partial charge in [-0.05, 0) is 12.5 Å². The molecule has 0 saturated heterocycles. The van der Waals surface area contributed by atoms with Gasteiger partial charge in [-0.25, -0.2) is 4.58 Å². The van der Waals surface area contributed by atoms with Gasteiger partial charge in [0.05, 0.1) is 0 Å². The van der Waals surface area contributed by atoms with Crippen molar-refractivity contribution in [3.63, 3.8) is 0 Å². The highest BCUT2D eigenvalue weighted by Crippen LogP contribution is 2.07. The third-order valence-corrected chi connectivity index (χ3v) is 1.76. The quantitative estimate of drug-likeness (QED) is 0.469. The van der Waals surface area contributed by atoms with Crippen LogP contribution in [0.1, 0.15) is 26.2 Å². The largest absolute Gasteiger partial charge is 0.209 e. The first kappa shape index (κ1) is 6.53. The molecule has 0 saturated carbocycles. The lowest BCUT2D eigenvalue weighted by Crippen LogP contribution is -2.09. The monoisotopic (exact) mass is 124 g/mol. The van der Waals surface area contributed by atoms with Crippen LogP contribution in [-0.2, 0) is 0 Å². The first-order valence-corrected chi connectivity index (χ1v) is 3.59. The van der Waals surface area contributed by atoms with E-state index in [1.807, 2.05) is 0 Å². The molecule has 50 valence electrons. The summed E-state index contributed by atoms with van der Waals surface area (Å²) in [7, 11) is 2.12. The van der Waals surface area contributed by atoms with Crippen LogP contribution in [0.15, 0.2) is 11.8 Å². The minimum atomic E-state index is 1.16. The summed E-state index contributed by atoms with van der Waals surface area (Å²) in [5, 5.41) is 0. The lowest BCUT2D eigenvalue weighted by atomic mass is 10.2. The predicted molar refractivity (Wildman–Crippen MR) is 39.9 cm³/mol. The summed E-state index contributed by atoms with van der Waals surface area (Å²) in [6, 6.07) is 0. The smallest absolute Gasteiger partial charge is 0.176 e. The zero-order valence-electron chi connectivity index (χ0n) is 6.22. The fourth-order valence-electron chi connectivity index (χ4n) is 1.17. The maximum Gasteiger partial charge on any atom is 0.176 e. The highest BCUT2D eigenvalue weighted by atomic mass is 15.0. The lowest BCUT2D eigenvalue weighted by molar-refractivity contribution is -0.444. The molecule has 0 amide bonds. The van der Waals surface area contributed by atoms with E-state index in [1.54, 1.807) is 0 Å². The molecule has 1 rings (SSSR count). The second-order valence-corrected chi connectivity index (χ2v) is 2.42. The van der Waals surface area contributed by atoms with Crippen molar-refractivity contribution in [2.24, 2.45) is 0 Å². The van der Waals surface area contributed by atoms with Gasteiger partial charge in [-0.15, -0.1) is 0 Å². The van der Waals surface area contributed by atoms with E-state index in [4.69, 9.17) is 0 Å². The predicted octanol–water partition coefficient (Wildman–Crippen LogP) is 1.79. The highest BCUT2D eigenvalue weighted by molar-refractivity contribution is 5.53. The summed E-state index contributed by atoms with van der Waals surface area (Å²) < 4.78 is 2.23. The van der Waals surface area contributed by atoms with Crippen LogP contribution in [0, 0.1) is 0 Å². The van der Waals surface area contributed by atoms with Crippen LogP contribution >= 0.6 is 0 Å². The van der Waals surface area contributed by atoms with E-state index in [0.717, 1.165) is 6.42 Å². The van der Waals surface area contributed by atoms with Crippen molar-refractivity contribution in [3.05, 3.63) is 11.8 Å². The molecule has 0 aromatic rings. The van der Waals surface area contributed by atoms with Crippen LogP contribution in [0.4, 0.5) is 0 Å². The Morgan fingerprint density at radius 2 is 2.33 bits per heavy atom. The first-order chi connectivity index (χ1) is 4.34. The molecule has 0 fully saturated rings. The molecule has 0 spiro atoms. The molecule has 0 radical (unpaired) electrons. The van der Waals surface area contributed by atoms with E-state index in [1.165, 1.54) is 18.5 Å². The molecule has 1 heteroatoms. The van der Waals surface area contributed by atoms with Gasteiger partial charge < -0.3 is 0 Å². The van der Waals surface area contributed by atoms with Gasteiger partial charge >= 0.3 is 0 Å². The summed E-state index contributed by atoms with van der Waals surface area (Å²) in [6.07, 6.45) is 8.17. The van der Waals surface area contributed by atoms with E-state index in [9.17, 15) is 0 Å². The normalized spacial score (nSPS) is 18.9. The molecule has 0 atom stereocenters. The van der Waals surface area contributed by atoms with Crippen molar-refractivity contribution >= 4 is 6.21 Å². The van der Waals surface area contributed by atoms with Crippen molar-refractivity contribution in [2.75, 3.05) is 7.05 Å². The second kappa shape index (κ2) is 2.81. The molecule has 1 aliphatic rings. The molecule has 0 aromatic carbocycles. The van der Waals surface area contributed by atoms with Crippen molar-refractivity contribution in [1.82, 2.24) is 0 Å². The number of nitrogens with zero attached hydrogens (tertiary/aromatic N) is 1. The molecule has 0 aromatic heterocycles. The minimum Gasteiger partial charge on any atom is -0.209 e. The minimum absolute atomic E-state index is 1.16. The molecule has 9 heavy (non-hydrogen) atoms. The fourth-order valence-corrected chi connectivity index (χ4v) is 1.17. The Morgan fingerprint density at radius 1 is 1.56 bits per heavy atom. The summed E-state index contributed by atoms with van der Waals surface area (Å²) in [4.78, 5) is 0. The molecule has 1 heterocycles. The topological polar surface area (TPSA) is 3.01 Å². The summed E-state index contributed by atoms with van der Waals surface area (Å²) in [6.45, 7) is 2.20. The van der Waals surface area contributed by atoms with Crippen LogP contribution in [0.3, 0.4) is 0 Å². The fraction of sp³-hybridized carbons (Fsp3) is 0.625. The average molecular weight is 124 g/mol. The van der Waals surface area contributed by atoms with E-state index >= 15 is 0 Å². The number of rotatable bonds is 1. The van der Waals surface area contributed by atoms with Crippen molar-refractivity contribution in [3.8, 4) is 0 Å². The van der Waals surface area contributed by atoms with Gasteiger partial charge in [0.1, 0.15) is 13.3 Å².